The molecule has 2 aliphatic heterocycles. The Balaban J connectivity index is 2.13. The molecule has 2 heterocycles. The maximum absolute atomic E-state index is 3.65. The van der Waals surface area contributed by atoms with Crippen LogP contribution in [0.4, 0.5) is 0 Å². The molecule has 0 aliphatic carbocycles. The van der Waals surface area contributed by atoms with Crippen molar-refractivity contribution in [2.24, 2.45) is 11.3 Å². The summed E-state index contributed by atoms with van der Waals surface area (Å²) in [6.07, 6.45) is 2.75. The predicted molar refractivity (Wildman–Crippen MR) is 51.2 cm³/mol. The first-order valence-corrected chi connectivity index (χ1v) is 5.14. The molecular formula is C10H20N2. The van der Waals surface area contributed by atoms with Gasteiger partial charge in [-0.25, -0.2) is 0 Å². The molecule has 0 aromatic carbocycles. The lowest BCUT2D eigenvalue weighted by Crippen LogP contribution is -2.44. The highest BCUT2D eigenvalue weighted by Gasteiger charge is 2.39. The van der Waals surface area contributed by atoms with Crippen LogP contribution in [0.3, 0.4) is 0 Å². The summed E-state index contributed by atoms with van der Waals surface area (Å²) >= 11 is 0. The standard InChI is InChI=1S/C10H20N2/c1-10(2)7-11-5-3-8-4-6-12-9(8)10/h8-9,11-12H,3-7H2,1-2H3. The highest BCUT2D eigenvalue weighted by molar-refractivity contribution is 4.97. The lowest BCUT2D eigenvalue weighted by Gasteiger charge is -2.33. The van der Waals surface area contributed by atoms with Crippen LogP contribution in [0.2, 0.25) is 0 Å². The quantitative estimate of drug-likeness (QED) is 0.563. The first-order valence-electron chi connectivity index (χ1n) is 5.14. The highest BCUT2D eigenvalue weighted by Crippen LogP contribution is 2.34. The first-order chi connectivity index (χ1) is 5.70. The average molecular weight is 168 g/mol. The Morgan fingerprint density at radius 2 is 1.92 bits per heavy atom. The molecule has 0 amide bonds. The van der Waals surface area contributed by atoms with Crippen molar-refractivity contribution in [1.29, 1.82) is 0 Å². The molecule has 2 atom stereocenters. The minimum atomic E-state index is 0.442. The maximum Gasteiger partial charge on any atom is 0.0159 e. The van der Waals surface area contributed by atoms with Gasteiger partial charge < -0.3 is 10.6 Å². The van der Waals surface area contributed by atoms with Gasteiger partial charge in [0.25, 0.3) is 0 Å². The van der Waals surface area contributed by atoms with Crippen LogP contribution in [0, 0.1) is 11.3 Å². The monoisotopic (exact) mass is 168 g/mol. The van der Waals surface area contributed by atoms with E-state index in [9.17, 15) is 0 Å². The van der Waals surface area contributed by atoms with Crippen LogP contribution in [0.5, 0.6) is 0 Å². The van der Waals surface area contributed by atoms with Crippen molar-refractivity contribution in [3.05, 3.63) is 0 Å². The molecule has 2 heteroatoms. The largest absolute Gasteiger partial charge is 0.316 e. The summed E-state index contributed by atoms with van der Waals surface area (Å²) in [5.74, 6) is 0.926. The fourth-order valence-corrected chi connectivity index (χ4v) is 2.79. The Hall–Kier alpha value is -0.0800. The summed E-state index contributed by atoms with van der Waals surface area (Å²) in [7, 11) is 0. The molecule has 2 rings (SSSR count). The van der Waals surface area contributed by atoms with Crippen molar-refractivity contribution >= 4 is 0 Å². The zero-order chi connectivity index (χ0) is 8.60. The molecule has 70 valence electrons. The molecule has 2 N–H and O–H groups in total. The third kappa shape index (κ3) is 1.38. The van der Waals surface area contributed by atoms with Gasteiger partial charge in [-0.2, -0.15) is 0 Å². The fraction of sp³-hybridized carbons (Fsp3) is 1.00. The molecule has 12 heavy (non-hydrogen) atoms. The molecule has 2 saturated heterocycles. The topological polar surface area (TPSA) is 24.1 Å². The van der Waals surface area contributed by atoms with Gasteiger partial charge in [-0.1, -0.05) is 13.8 Å². The van der Waals surface area contributed by atoms with Gasteiger partial charge in [0.05, 0.1) is 0 Å². The van der Waals surface area contributed by atoms with Crippen molar-refractivity contribution in [1.82, 2.24) is 10.6 Å². The lowest BCUT2D eigenvalue weighted by molar-refractivity contribution is 0.230. The second-order valence-electron chi connectivity index (χ2n) is 4.93. The molecule has 2 nitrogen and oxygen atoms in total. The Labute approximate surface area is 75.1 Å². The normalized spacial score (nSPS) is 40.5. The van der Waals surface area contributed by atoms with Gasteiger partial charge in [0.15, 0.2) is 0 Å². The van der Waals surface area contributed by atoms with E-state index in [-0.39, 0.29) is 0 Å². The molecule has 2 fully saturated rings. The van der Waals surface area contributed by atoms with Crippen molar-refractivity contribution < 1.29 is 0 Å². The van der Waals surface area contributed by atoms with Crippen LogP contribution < -0.4 is 10.6 Å². The molecule has 0 spiro atoms. The molecule has 0 aromatic heterocycles. The van der Waals surface area contributed by atoms with E-state index in [4.69, 9.17) is 0 Å². The second-order valence-corrected chi connectivity index (χ2v) is 4.93. The summed E-state index contributed by atoms with van der Waals surface area (Å²) < 4.78 is 0. The molecule has 2 aliphatic rings. The number of rotatable bonds is 0. The molecular weight excluding hydrogens is 148 g/mol. The predicted octanol–water partition coefficient (Wildman–Crippen LogP) is 0.984. The summed E-state index contributed by atoms with van der Waals surface area (Å²) in [5.41, 5.74) is 0.442. The molecule has 2 unspecified atom stereocenters. The van der Waals surface area contributed by atoms with Gasteiger partial charge in [-0.15, -0.1) is 0 Å². The zero-order valence-electron chi connectivity index (χ0n) is 8.19. The van der Waals surface area contributed by atoms with Crippen molar-refractivity contribution in [2.75, 3.05) is 19.6 Å². The molecule has 0 saturated carbocycles. The van der Waals surface area contributed by atoms with Crippen molar-refractivity contribution in [3.63, 3.8) is 0 Å². The number of nitrogens with one attached hydrogen (secondary N) is 2. The summed E-state index contributed by atoms with van der Waals surface area (Å²) in [6.45, 7) is 8.37. The van der Waals surface area contributed by atoms with Gasteiger partial charge in [0.2, 0.25) is 0 Å². The van der Waals surface area contributed by atoms with Crippen molar-refractivity contribution in [3.8, 4) is 0 Å². The van der Waals surface area contributed by atoms with E-state index in [0.717, 1.165) is 12.0 Å². The number of fused-ring (bicyclic) bond motifs is 1. The Morgan fingerprint density at radius 3 is 2.75 bits per heavy atom. The first kappa shape index (κ1) is 8.52. The van der Waals surface area contributed by atoms with Gasteiger partial charge in [-0.3, -0.25) is 0 Å². The van der Waals surface area contributed by atoms with Gasteiger partial charge in [-0.05, 0) is 37.3 Å². The fourth-order valence-electron chi connectivity index (χ4n) is 2.79. The molecule has 0 aromatic rings. The van der Waals surface area contributed by atoms with E-state index < -0.39 is 0 Å². The maximum atomic E-state index is 3.65. The van der Waals surface area contributed by atoms with Crippen LogP contribution in [-0.4, -0.2) is 25.7 Å². The third-order valence-corrected chi connectivity index (χ3v) is 3.47. The molecule has 0 radical (unpaired) electrons. The second kappa shape index (κ2) is 3.00. The highest BCUT2D eigenvalue weighted by atomic mass is 15.0. The molecule has 0 bridgehead atoms. The third-order valence-electron chi connectivity index (χ3n) is 3.47. The SMILES string of the molecule is CC1(C)CNCCC2CCNC21. The number of hydrogen-bond acceptors (Lipinski definition) is 2. The minimum Gasteiger partial charge on any atom is -0.316 e. The Morgan fingerprint density at radius 1 is 1.17 bits per heavy atom. The van der Waals surface area contributed by atoms with E-state index >= 15 is 0 Å². The van der Waals surface area contributed by atoms with Crippen LogP contribution in [0.25, 0.3) is 0 Å². The average Bonchev–Trinajstić information content (AvgIpc) is 2.42. The van der Waals surface area contributed by atoms with Gasteiger partial charge in [0, 0.05) is 12.6 Å². The van der Waals surface area contributed by atoms with Crippen LogP contribution in [-0.2, 0) is 0 Å². The summed E-state index contributed by atoms with van der Waals surface area (Å²) in [5, 5.41) is 7.17. The van der Waals surface area contributed by atoms with Crippen LogP contribution in [0.1, 0.15) is 26.7 Å². The van der Waals surface area contributed by atoms with Crippen LogP contribution in [0.15, 0.2) is 0 Å². The summed E-state index contributed by atoms with van der Waals surface area (Å²) in [4.78, 5) is 0. The number of hydrogen-bond donors (Lipinski definition) is 2. The van der Waals surface area contributed by atoms with E-state index in [0.29, 0.717) is 5.41 Å². The van der Waals surface area contributed by atoms with E-state index in [1.165, 1.54) is 32.5 Å². The van der Waals surface area contributed by atoms with Gasteiger partial charge in [0.1, 0.15) is 0 Å². The van der Waals surface area contributed by atoms with Gasteiger partial charge >= 0.3 is 0 Å². The Bertz CT molecular complexity index is 165. The lowest BCUT2D eigenvalue weighted by atomic mass is 9.78. The minimum absolute atomic E-state index is 0.442. The zero-order valence-corrected chi connectivity index (χ0v) is 8.19. The van der Waals surface area contributed by atoms with Crippen molar-refractivity contribution in [2.45, 2.75) is 32.7 Å². The Kier molecular flexibility index (Phi) is 2.13. The van der Waals surface area contributed by atoms with E-state index in [1.807, 2.05) is 0 Å². The van der Waals surface area contributed by atoms with E-state index in [1.54, 1.807) is 0 Å². The van der Waals surface area contributed by atoms with Crippen LogP contribution >= 0.6 is 0 Å². The van der Waals surface area contributed by atoms with E-state index in [2.05, 4.69) is 24.5 Å². The summed E-state index contributed by atoms with van der Waals surface area (Å²) in [6, 6.07) is 0.757. The smallest absolute Gasteiger partial charge is 0.0159 e.